The van der Waals surface area contributed by atoms with Crippen LogP contribution in [-0.2, 0) is 0 Å². The Labute approximate surface area is 122 Å². The largest absolute Gasteiger partial charge is 0.383 e. The summed E-state index contributed by atoms with van der Waals surface area (Å²) in [5.41, 5.74) is 8.83. The van der Waals surface area contributed by atoms with Crippen molar-refractivity contribution in [2.45, 2.75) is 0 Å². The molecule has 0 aliphatic carbocycles. The van der Waals surface area contributed by atoms with Crippen LogP contribution in [0, 0.1) is 0 Å². The lowest BCUT2D eigenvalue weighted by Gasteiger charge is -2.01. The number of nitrogens with two attached hydrogens (primary N) is 1. The lowest BCUT2D eigenvalue weighted by atomic mass is 10.2. The van der Waals surface area contributed by atoms with E-state index in [0.717, 1.165) is 0 Å². The minimum Gasteiger partial charge on any atom is -0.383 e. The predicted molar refractivity (Wildman–Crippen MR) is 79.2 cm³/mol. The summed E-state index contributed by atoms with van der Waals surface area (Å²) >= 11 is 19.1. The number of rotatable bonds is 3. The van der Waals surface area contributed by atoms with Crippen LogP contribution in [0.25, 0.3) is 0 Å². The zero-order valence-corrected chi connectivity index (χ0v) is 11.9. The lowest BCUT2D eigenvalue weighted by molar-refractivity contribution is 1.29. The molecule has 1 aromatic carbocycles. The van der Waals surface area contributed by atoms with Gasteiger partial charge in [0.2, 0.25) is 5.13 Å². The van der Waals surface area contributed by atoms with Crippen LogP contribution in [0.15, 0.2) is 22.6 Å². The van der Waals surface area contributed by atoms with E-state index in [1.807, 2.05) is 0 Å². The molecular weight excluding hydrogens is 315 g/mol. The quantitative estimate of drug-likeness (QED) is 0.507. The zero-order chi connectivity index (χ0) is 13.1. The average Bonchev–Trinajstić information content (AvgIpc) is 2.71. The fourth-order valence-corrected chi connectivity index (χ4v) is 2.38. The average molecular weight is 322 g/mol. The van der Waals surface area contributed by atoms with Crippen molar-refractivity contribution in [3.05, 3.63) is 38.1 Å². The molecule has 0 aliphatic rings. The van der Waals surface area contributed by atoms with E-state index in [-0.39, 0.29) is 0 Å². The summed E-state index contributed by atoms with van der Waals surface area (Å²) < 4.78 is 0. The van der Waals surface area contributed by atoms with Gasteiger partial charge in [0.25, 0.3) is 0 Å². The van der Waals surface area contributed by atoms with Gasteiger partial charge < -0.3 is 5.73 Å². The van der Waals surface area contributed by atoms with Gasteiger partial charge in [-0.1, -0.05) is 34.8 Å². The van der Waals surface area contributed by atoms with Crippen molar-refractivity contribution < 1.29 is 0 Å². The molecule has 0 unspecified atom stereocenters. The van der Waals surface area contributed by atoms with Gasteiger partial charge in [-0.05, 0) is 12.1 Å². The first kappa shape index (κ1) is 13.4. The number of hydrogen-bond acceptors (Lipinski definition) is 5. The van der Waals surface area contributed by atoms with E-state index in [1.54, 1.807) is 17.5 Å². The topological polar surface area (TPSA) is 63.3 Å². The summed E-state index contributed by atoms with van der Waals surface area (Å²) in [5.74, 6) is 0.446. The summed E-state index contributed by atoms with van der Waals surface area (Å²) in [6, 6.07) is 3.23. The third-order valence-corrected chi connectivity index (χ3v) is 3.71. The van der Waals surface area contributed by atoms with Crippen molar-refractivity contribution in [1.82, 2.24) is 4.98 Å². The highest BCUT2D eigenvalue weighted by Crippen LogP contribution is 2.28. The maximum absolute atomic E-state index is 6.01. The van der Waals surface area contributed by atoms with Crippen LogP contribution in [0.5, 0.6) is 0 Å². The number of hydrazone groups is 1. The number of anilines is 2. The normalized spacial score (nSPS) is 11.1. The van der Waals surface area contributed by atoms with Crippen molar-refractivity contribution in [3.63, 3.8) is 0 Å². The van der Waals surface area contributed by atoms with Crippen molar-refractivity contribution in [2.75, 3.05) is 11.2 Å². The summed E-state index contributed by atoms with van der Waals surface area (Å²) in [4.78, 5) is 3.99. The molecule has 1 aromatic heterocycles. The molecule has 18 heavy (non-hydrogen) atoms. The highest BCUT2D eigenvalue weighted by molar-refractivity contribution is 7.14. The van der Waals surface area contributed by atoms with Gasteiger partial charge in [0.05, 0.1) is 16.3 Å². The highest BCUT2D eigenvalue weighted by atomic mass is 35.5. The molecule has 3 N–H and O–H groups in total. The standard InChI is InChI=1S/C10H7Cl3N4S/c11-6-1-5(9(13)7(12)2-6)3-15-17-10-16-8(14)4-18-10/h1-4H,14H2,(H,16,17). The number of aromatic nitrogens is 1. The van der Waals surface area contributed by atoms with E-state index in [1.165, 1.54) is 17.6 Å². The van der Waals surface area contributed by atoms with Gasteiger partial charge in [-0.25, -0.2) is 4.98 Å². The predicted octanol–water partition coefficient (Wildman–Crippen LogP) is 4.13. The minimum atomic E-state index is 0.379. The second-order valence-corrected chi connectivity index (χ2v) is 5.32. The third-order valence-electron chi connectivity index (χ3n) is 1.91. The molecule has 0 amide bonds. The molecule has 0 saturated carbocycles. The van der Waals surface area contributed by atoms with E-state index >= 15 is 0 Å². The number of halogens is 3. The zero-order valence-electron chi connectivity index (χ0n) is 8.82. The van der Waals surface area contributed by atoms with Crippen molar-refractivity contribution >= 4 is 63.3 Å². The SMILES string of the molecule is Nc1csc(NN=Cc2cc(Cl)cc(Cl)c2Cl)n1. The second-order valence-electron chi connectivity index (χ2n) is 3.24. The summed E-state index contributed by atoms with van der Waals surface area (Å²) in [7, 11) is 0. The van der Waals surface area contributed by atoms with Crippen LogP contribution in [0.2, 0.25) is 15.1 Å². The molecular formula is C10H7Cl3N4S. The Morgan fingerprint density at radius 1 is 1.33 bits per heavy atom. The molecule has 0 atom stereocenters. The highest BCUT2D eigenvalue weighted by Gasteiger charge is 2.05. The van der Waals surface area contributed by atoms with Crippen LogP contribution in [0.4, 0.5) is 10.9 Å². The van der Waals surface area contributed by atoms with Crippen LogP contribution in [-0.4, -0.2) is 11.2 Å². The fourth-order valence-electron chi connectivity index (χ4n) is 1.16. The molecule has 0 fully saturated rings. The van der Waals surface area contributed by atoms with Gasteiger partial charge in [-0.2, -0.15) is 5.10 Å². The van der Waals surface area contributed by atoms with E-state index in [9.17, 15) is 0 Å². The van der Waals surface area contributed by atoms with Crippen molar-refractivity contribution in [1.29, 1.82) is 0 Å². The number of benzene rings is 1. The maximum Gasteiger partial charge on any atom is 0.205 e. The monoisotopic (exact) mass is 320 g/mol. The Balaban J connectivity index is 2.14. The molecule has 2 aromatic rings. The van der Waals surface area contributed by atoms with E-state index < -0.39 is 0 Å². The lowest BCUT2D eigenvalue weighted by Crippen LogP contribution is -1.92. The van der Waals surface area contributed by atoms with Gasteiger partial charge in [0.15, 0.2) is 0 Å². The second kappa shape index (κ2) is 5.75. The number of nitrogens with one attached hydrogen (secondary N) is 1. The Morgan fingerprint density at radius 3 is 2.78 bits per heavy atom. The van der Waals surface area contributed by atoms with Crippen LogP contribution in [0.1, 0.15) is 5.56 Å². The molecule has 4 nitrogen and oxygen atoms in total. The number of nitrogens with zero attached hydrogens (tertiary/aromatic N) is 2. The maximum atomic E-state index is 6.01. The van der Waals surface area contributed by atoms with Gasteiger partial charge in [-0.3, -0.25) is 5.43 Å². The summed E-state index contributed by atoms with van der Waals surface area (Å²) in [6.07, 6.45) is 1.51. The molecule has 0 aliphatic heterocycles. The molecule has 8 heteroatoms. The number of thiazole rings is 1. The Morgan fingerprint density at radius 2 is 2.11 bits per heavy atom. The van der Waals surface area contributed by atoms with Crippen molar-refractivity contribution in [2.24, 2.45) is 5.10 Å². The molecule has 0 bridgehead atoms. The fraction of sp³-hybridized carbons (Fsp3) is 0. The van der Waals surface area contributed by atoms with Crippen molar-refractivity contribution in [3.8, 4) is 0 Å². The van der Waals surface area contributed by atoms with E-state index in [0.29, 0.717) is 31.6 Å². The molecule has 1 heterocycles. The first-order valence-electron chi connectivity index (χ1n) is 4.71. The van der Waals surface area contributed by atoms with E-state index in [2.05, 4.69) is 15.5 Å². The number of hydrogen-bond donors (Lipinski definition) is 2. The molecule has 0 radical (unpaired) electrons. The van der Waals surface area contributed by atoms with Crippen LogP contribution < -0.4 is 11.2 Å². The Bertz CT molecular complexity index is 597. The summed E-state index contributed by atoms with van der Waals surface area (Å²) in [5, 5.41) is 7.55. The van der Waals surface area contributed by atoms with Gasteiger partial charge >= 0.3 is 0 Å². The Kier molecular flexibility index (Phi) is 4.29. The van der Waals surface area contributed by atoms with E-state index in [4.69, 9.17) is 40.5 Å². The summed E-state index contributed by atoms with van der Waals surface area (Å²) in [6.45, 7) is 0. The molecule has 0 saturated heterocycles. The smallest absolute Gasteiger partial charge is 0.205 e. The first-order chi connectivity index (χ1) is 8.56. The first-order valence-corrected chi connectivity index (χ1v) is 6.72. The molecule has 2 rings (SSSR count). The minimum absolute atomic E-state index is 0.379. The van der Waals surface area contributed by atoms with Crippen LogP contribution >= 0.6 is 46.1 Å². The third kappa shape index (κ3) is 3.26. The molecule has 0 spiro atoms. The Hall–Kier alpha value is -1.01. The number of nitrogen functional groups attached to an aromatic ring is 1. The van der Waals surface area contributed by atoms with Crippen LogP contribution in [0.3, 0.4) is 0 Å². The van der Waals surface area contributed by atoms with Gasteiger partial charge in [-0.15, -0.1) is 11.3 Å². The van der Waals surface area contributed by atoms with Gasteiger partial charge in [0, 0.05) is 16.0 Å². The molecule has 94 valence electrons. The van der Waals surface area contributed by atoms with Gasteiger partial charge in [0.1, 0.15) is 5.82 Å².